The van der Waals surface area contributed by atoms with Gasteiger partial charge in [0.2, 0.25) is 10.0 Å². The van der Waals surface area contributed by atoms with Crippen LogP contribution in [0.3, 0.4) is 0 Å². The van der Waals surface area contributed by atoms with Crippen molar-refractivity contribution in [2.75, 3.05) is 0 Å². The van der Waals surface area contributed by atoms with Crippen LogP contribution in [-0.2, 0) is 16.2 Å². The van der Waals surface area contributed by atoms with Crippen LogP contribution in [0.25, 0.3) is 34.3 Å². The van der Waals surface area contributed by atoms with Crippen LogP contribution in [0.5, 0.6) is 0 Å². The van der Waals surface area contributed by atoms with E-state index in [-0.39, 0.29) is 10.5 Å². The van der Waals surface area contributed by atoms with Gasteiger partial charge in [-0.15, -0.1) is 0 Å². The lowest BCUT2D eigenvalue weighted by atomic mass is 10.0. The van der Waals surface area contributed by atoms with Crippen molar-refractivity contribution in [3.8, 4) is 11.1 Å². The largest absolute Gasteiger partial charge is 0.416 e. The third kappa shape index (κ3) is 4.44. The van der Waals surface area contributed by atoms with E-state index in [1.54, 1.807) is 43.3 Å². The molecule has 0 aliphatic rings. The van der Waals surface area contributed by atoms with Gasteiger partial charge in [-0.3, -0.25) is 0 Å². The molecule has 4 rings (SSSR count). The molecule has 0 spiro atoms. The first-order valence-corrected chi connectivity index (χ1v) is 11.0. The third-order valence-electron chi connectivity index (χ3n) is 4.94. The molecule has 0 aliphatic heterocycles. The first kappa shape index (κ1) is 21.8. The first-order valence-electron chi connectivity index (χ1n) is 9.50. The number of aromatic nitrogens is 2. The number of nitrogens with two attached hydrogens (primary N) is 1. The molecule has 0 saturated carbocycles. The van der Waals surface area contributed by atoms with Crippen LogP contribution in [0.2, 0.25) is 0 Å². The van der Waals surface area contributed by atoms with Gasteiger partial charge >= 0.3 is 6.18 Å². The highest BCUT2D eigenvalue weighted by Gasteiger charge is 2.32. The number of hydrogen-bond donors (Lipinski definition) is 2. The first-order chi connectivity index (χ1) is 15.0. The van der Waals surface area contributed by atoms with E-state index in [0.29, 0.717) is 33.5 Å². The number of nitrogens with zero attached hydrogens (tertiary/aromatic N) is 1. The summed E-state index contributed by atoms with van der Waals surface area (Å²) in [6.45, 7) is 1.72. The Bertz CT molecular complexity index is 1460. The minimum atomic E-state index is -4.47. The van der Waals surface area contributed by atoms with Gasteiger partial charge in [-0.25, -0.2) is 18.5 Å². The molecule has 0 saturated heterocycles. The Labute approximate surface area is 182 Å². The molecule has 0 aliphatic carbocycles. The molecule has 9 heteroatoms. The zero-order chi connectivity index (χ0) is 23.1. The van der Waals surface area contributed by atoms with Crippen LogP contribution < -0.4 is 5.14 Å². The Morgan fingerprint density at radius 1 is 1.00 bits per heavy atom. The molecule has 3 N–H and O–H groups in total. The maximum Gasteiger partial charge on any atom is 0.416 e. The van der Waals surface area contributed by atoms with Gasteiger partial charge in [-0.1, -0.05) is 48.0 Å². The van der Waals surface area contributed by atoms with E-state index in [0.717, 1.165) is 6.07 Å². The van der Waals surface area contributed by atoms with Crippen molar-refractivity contribution in [3.05, 3.63) is 83.2 Å². The van der Waals surface area contributed by atoms with Gasteiger partial charge in [-0.2, -0.15) is 13.2 Å². The van der Waals surface area contributed by atoms with Crippen molar-refractivity contribution in [1.29, 1.82) is 0 Å². The summed E-state index contributed by atoms with van der Waals surface area (Å²) >= 11 is 0. The van der Waals surface area contributed by atoms with E-state index in [9.17, 15) is 21.6 Å². The number of benzene rings is 3. The van der Waals surface area contributed by atoms with Gasteiger partial charge in [0.05, 0.1) is 21.5 Å². The molecule has 4 aromatic rings. The van der Waals surface area contributed by atoms with Gasteiger partial charge in [0.1, 0.15) is 5.82 Å². The number of aryl methyl sites for hydroxylation is 1. The number of primary sulfonamides is 1. The Kier molecular flexibility index (Phi) is 5.39. The second-order valence-corrected chi connectivity index (χ2v) is 8.85. The summed E-state index contributed by atoms with van der Waals surface area (Å²) in [4.78, 5) is 7.45. The fraction of sp³-hybridized carbons (Fsp3) is 0.0870. The second kappa shape index (κ2) is 7.92. The van der Waals surface area contributed by atoms with Crippen LogP contribution in [-0.4, -0.2) is 18.4 Å². The minimum Gasteiger partial charge on any atom is -0.338 e. The van der Waals surface area contributed by atoms with Gasteiger partial charge in [0.25, 0.3) is 0 Å². The smallest absolute Gasteiger partial charge is 0.338 e. The monoisotopic (exact) mass is 457 g/mol. The average molecular weight is 457 g/mol. The Hall–Kier alpha value is -3.43. The number of halogens is 3. The number of fused-ring (bicyclic) bond motifs is 1. The Morgan fingerprint density at radius 3 is 2.47 bits per heavy atom. The van der Waals surface area contributed by atoms with Crippen molar-refractivity contribution < 1.29 is 21.6 Å². The van der Waals surface area contributed by atoms with Crippen molar-refractivity contribution in [2.24, 2.45) is 5.14 Å². The molecule has 1 aromatic heterocycles. The second-order valence-electron chi connectivity index (χ2n) is 7.32. The van der Waals surface area contributed by atoms with Gasteiger partial charge < -0.3 is 4.98 Å². The fourth-order valence-electron chi connectivity index (χ4n) is 3.47. The van der Waals surface area contributed by atoms with Gasteiger partial charge in [-0.05, 0) is 48.4 Å². The number of aromatic amines is 1. The SMILES string of the molecule is Cc1ccc(C(F)(F)F)c(/C=C/c2nc3cc(-c4ccccc4S(N)(=O)=O)ccc3[nH]2)c1. The van der Waals surface area contributed by atoms with Gasteiger partial charge in [0.15, 0.2) is 0 Å². The van der Waals surface area contributed by atoms with Crippen LogP contribution >= 0.6 is 0 Å². The normalized spacial score (nSPS) is 12.7. The number of rotatable bonds is 4. The van der Waals surface area contributed by atoms with E-state index in [2.05, 4.69) is 9.97 Å². The zero-order valence-electron chi connectivity index (χ0n) is 16.8. The summed E-state index contributed by atoms with van der Waals surface area (Å²) in [5, 5.41) is 5.32. The molecule has 0 bridgehead atoms. The lowest BCUT2D eigenvalue weighted by Crippen LogP contribution is -2.13. The molecule has 0 amide bonds. The summed E-state index contributed by atoms with van der Waals surface area (Å²) in [6, 6.07) is 15.4. The Morgan fingerprint density at radius 2 is 1.75 bits per heavy atom. The topological polar surface area (TPSA) is 88.8 Å². The van der Waals surface area contributed by atoms with E-state index >= 15 is 0 Å². The molecule has 0 atom stereocenters. The molecule has 5 nitrogen and oxygen atoms in total. The predicted molar refractivity (Wildman–Crippen MR) is 118 cm³/mol. The quantitative estimate of drug-likeness (QED) is 0.432. The predicted octanol–water partition coefficient (Wildman–Crippen LogP) is 5.37. The van der Waals surface area contributed by atoms with Crippen LogP contribution in [0.4, 0.5) is 13.2 Å². The van der Waals surface area contributed by atoms with E-state index in [1.165, 1.54) is 30.4 Å². The fourth-order valence-corrected chi connectivity index (χ4v) is 4.23. The summed E-state index contributed by atoms with van der Waals surface area (Å²) in [7, 11) is -3.92. The number of imidazole rings is 1. The molecule has 0 unspecified atom stereocenters. The average Bonchev–Trinajstić information content (AvgIpc) is 3.13. The van der Waals surface area contributed by atoms with Crippen molar-refractivity contribution in [2.45, 2.75) is 18.0 Å². The maximum atomic E-state index is 13.3. The Balaban J connectivity index is 1.73. The molecule has 3 aromatic carbocycles. The number of hydrogen-bond acceptors (Lipinski definition) is 3. The van der Waals surface area contributed by atoms with Crippen LogP contribution in [0.15, 0.2) is 65.6 Å². The van der Waals surface area contributed by atoms with Crippen molar-refractivity contribution in [3.63, 3.8) is 0 Å². The third-order valence-corrected chi connectivity index (χ3v) is 5.91. The highest BCUT2D eigenvalue weighted by molar-refractivity contribution is 7.89. The molecule has 32 heavy (non-hydrogen) atoms. The number of nitrogens with one attached hydrogen (secondary N) is 1. The molecule has 164 valence electrons. The summed E-state index contributed by atoms with van der Waals surface area (Å²) in [5.41, 5.74) is 2.25. The minimum absolute atomic E-state index is 0.00543. The molecule has 0 fully saturated rings. The molecular weight excluding hydrogens is 439 g/mol. The summed E-state index contributed by atoms with van der Waals surface area (Å²) in [6.07, 6.45) is -1.63. The maximum absolute atomic E-state index is 13.3. The van der Waals surface area contributed by atoms with Crippen LogP contribution in [0.1, 0.15) is 22.5 Å². The molecule has 1 heterocycles. The van der Waals surface area contributed by atoms with Gasteiger partial charge in [0, 0.05) is 5.56 Å². The van der Waals surface area contributed by atoms with E-state index in [1.807, 2.05) is 0 Å². The number of alkyl halides is 3. The number of H-pyrrole nitrogens is 1. The summed E-state index contributed by atoms with van der Waals surface area (Å²) in [5.74, 6) is 0.367. The molecule has 0 radical (unpaired) electrons. The molecular formula is C23H18F3N3O2S. The van der Waals surface area contributed by atoms with Crippen LogP contribution in [0, 0.1) is 6.92 Å². The summed E-state index contributed by atoms with van der Waals surface area (Å²) < 4.78 is 63.7. The lowest BCUT2D eigenvalue weighted by molar-refractivity contribution is -0.137. The highest BCUT2D eigenvalue weighted by atomic mass is 32.2. The lowest BCUT2D eigenvalue weighted by Gasteiger charge is -2.10. The van der Waals surface area contributed by atoms with E-state index < -0.39 is 21.8 Å². The highest BCUT2D eigenvalue weighted by Crippen LogP contribution is 2.33. The van der Waals surface area contributed by atoms with E-state index in [4.69, 9.17) is 5.14 Å². The number of sulfonamides is 1. The standard InChI is InChI=1S/C23H18F3N3O2S/c1-14-6-9-18(23(24,25)26)16(12-14)8-11-22-28-19-10-7-15(13-20(19)29-22)17-4-2-3-5-21(17)32(27,30)31/h2-13H,1H3,(H,28,29)(H2,27,30,31)/b11-8+. The van der Waals surface area contributed by atoms with Crippen molar-refractivity contribution >= 4 is 33.2 Å². The van der Waals surface area contributed by atoms with Crippen molar-refractivity contribution in [1.82, 2.24) is 9.97 Å². The zero-order valence-corrected chi connectivity index (χ0v) is 17.6.